The first kappa shape index (κ1) is 18.2. The molecule has 0 radical (unpaired) electrons. The van der Waals surface area contributed by atoms with Crippen LogP contribution in [0.4, 0.5) is 0 Å². The van der Waals surface area contributed by atoms with E-state index in [2.05, 4.69) is 44.8 Å². The molecule has 0 amide bonds. The highest BCUT2D eigenvalue weighted by molar-refractivity contribution is 7.10. The van der Waals surface area contributed by atoms with E-state index in [0.29, 0.717) is 22.7 Å². The van der Waals surface area contributed by atoms with Crippen LogP contribution in [-0.2, 0) is 6.54 Å². The molecular formula is C20H20N6OS. The molecule has 0 unspecified atom stereocenters. The number of aromatic amines is 1. The van der Waals surface area contributed by atoms with E-state index in [0.717, 1.165) is 28.3 Å². The first-order valence-corrected chi connectivity index (χ1v) is 9.99. The second-order valence-corrected chi connectivity index (χ2v) is 7.66. The SMILES string of the molecule is CCn1cc(-c2nn[nH]n2)c(=O)c2ccc(/C=C/c3nc(C(C)C)cs3)cc21. The van der Waals surface area contributed by atoms with E-state index in [9.17, 15) is 4.79 Å². The fourth-order valence-electron chi connectivity index (χ4n) is 3.02. The average molecular weight is 392 g/mol. The third kappa shape index (κ3) is 3.38. The zero-order valence-corrected chi connectivity index (χ0v) is 16.7. The van der Waals surface area contributed by atoms with Crippen molar-refractivity contribution >= 4 is 34.4 Å². The lowest BCUT2D eigenvalue weighted by Gasteiger charge is -2.11. The minimum Gasteiger partial charge on any atom is -0.347 e. The molecule has 0 saturated heterocycles. The van der Waals surface area contributed by atoms with Crippen molar-refractivity contribution in [2.75, 3.05) is 0 Å². The van der Waals surface area contributed by atoms with Gasteiger partial charge in [0.05, 0.1) is 16.8 Å². The predicted octanol–water partition coefficient (Wildman–Crippen LogP) is 3.95. The summed E-state index contributed by atoms with van der Waals surface area (Å²) >= 11 is 1.64. The number of hydrogen-bond acceptors (Lipinski definition) is 6. The van der Waals surface area contributed by atoms with E-state index in [1.54, 1.807) is 17.5 Å². The number of thiazole rings is 1. The molecule has 0 fully saturated rings. The summed E-state index contributed by atoms with van der Waals surface area (Å²) in [6.45, 7) is 7.03. The number of hydrogen-bond donors (Lipinski definition) is 1. The van der Waals surface area contributed by atoms with Crippen molar-refractivity contribution in [1.82, 2.24) is 30.2 Å². The van der Waals surface area contributed by atoms with Gasteiger partial charge in [0, 0.05) is 23.5 Å². The number of nitrogens with one attached hydrogen (secondary N) is 1. The number of fused-ring (bicyclic) bond motifs is 1. The normalized spacial score (nSPS) is 11.9. The number of benzene rings is 1. The Hall–Kier alpha value is -3.13. The Labute approximate surface area is 165 Å². The van der Waals surface area contributed by atoms with E-state index < -0.39 is 0 Å². The number of aryl methyl sites for hydroxylation is 1. The maximum absolute atomic E-state index is 12.9. The van der Waals surface area contributed by atoms with Gasteiger partial charge in [-0.25, -0.2) is 4.98 Å². The Bertz CT molecular complexity index is 1200. The monoisotopic (exact) mass is 392 g/mol. The highest BCUT2D eigenvalue weighted by Gasteiger charge is 2.13. The zero-order chi connectivity index (χ0) is 19.7. The van der Waals surface area contributed by atoms with E-state index in [1.165, 1.54) is 0 Å². The maximum atomic E-state index is 12.9. The molecule has 0 bridgehead atoms. The van der Waals surface area contributed by atoms with Gasteiger partial charge >= 0.3 is 0 Å². The van der Waals surface area contributed by atoms with Gasteiger partial charge in [0.15, 0.2) is 0 Å². The molecule has 3 heterocycles. The predicted molar refractivity (Wildman–Crippen MR) is 112 cm³/mol. The molecule has 4 aromatic rings. The summed E-state index contributed by atoms with van der Waals surface area (Å²) in [7, 11) is 0. The number of tetrazole rings is 1. The Morgan fingerprint density at radius 2 is 2.14 bits per heavy atom. The van der Waals surface area contributed by atoms with Crippen molar-refractivity contribution in [2.45, 2.75) is 33.2 Å². The van der Waals surface area contributed by atoms with Gasteiger partial charge in [0.2, 0.25) is 11.3 Å². The van der Waals surface area contributed by atoms with Gasteiger partial charge in [0.1, 0.15) is 5.01 Å². The number of aromatic nitrogens is 6. The van der Waals surface area contributed by atoms with Gasteiger partial charge in [-0.1, -0.05) is 26.0 Å². The van der Waals surface area contributed by atoms with Crippen LogP contribution in [0.5, 0.6) is 0 Å². The summed E-state index contributed by atoms with van der Waals surface area (Å²) in [5, 5.41) is 17.6. The third-order valence-corrected chi connectivity index (χ3v) is 5.41. The number of rotatable bonds is 5. The van der Waals surface area contributed by atoms with Crippen LogP contribution >= 0.6 is 11.3 Å². The summed E-state index contributed by atoms with van der Waals surface area (Å²) < 4.78 is 2.03. The molecule has 0 saturated carbocycles. The van der Waals surface area contributed by atoms with Crippen LogP contribution in [-0.4, -0.2) is 30.2 Å². The molecule has 0 spiro atoms. The molecule has 142 valence electrons. The van der Waals surface area contributed by atoms with E-state index in [1.807, 2.05) is 41.8 Å². The van der Waals surface area contributed by atoms with Crippen molar-refractivity contribution in [1.29, 1.82) is 0 Å². The summed E-state index contributed by atoms with van der Waals surface area (Å²) in [4.78, 5) is 17.5. The van der Waals surface area contributed by atoms with E-state index in [-0.39, 0.29) is 5.43 Å². The van der Waals surface area contributed by atoms with E-state index >= 15 is 0 Å². The van der Waals surface area contributed by atoms with Crippen molar-refractivity contribution in [2.24, 2.45) is 0 Å². The van der Waals surface area contributed by atoms with Crippen LogP contribution in [0.2, 0.25) is 0 Å². The van der Waals surface area contributed by atoms with Crippen molar-refractivity contribution in [3.05, 3.63) is 56.3 Å². The second kappa shape index (κ2) is 7.47. The van der Waals surface area contributed by atoms with Gasteiger partial charge in [-0.3, -0.25) is 4.79 Å². The van der Waals surface area contributed by atoms with Gasteiger partial charge in [0.25, 0.3) is 0 Å². The molecule has 0 aliphatic heterocycles. The summed E-state index contributed by atoms with van der Waals surface area (Å²) in [6, 6.07) is 5.82. The van der Waals surface area contributed by atoms with Gasteiger partial charge in [-0.15, -0.1) is 21.5 Å². The van der Waals surface area contributed by atoms with Gasteiger partial charge in [-0.2, -0.15) is 5.21 Å². The number of nitrogens with zero attached hydrogens (tertiary/aromatic N) is 5. The van der Waals surface area contributed by atoms with Crippen molar-refractivity contribution in [3.8, 4) is 11.4 Å². The van der Waals surface area contributed by atoms with Crippen LogP contribution in [0.25, 0.3) is 34.4 Å². The molecular weight excluding hydrogens is 372 g/mol. The Morgan fingerprint density at radius 1 is 1.29 bits per heavy atom. The lowest BCUT2D eigenvalue weighted by molar-refractivity contribution is 0.788. The highest BCUT2D eigenvalue weighted by atomic mass is 32.1. The molecule has 0 atom stereocenters. The molecule has 4 rings (SSSR count). The van der Waals surface area contributed by atoms with Crippen LogP contribution in [0.15, 0.2) is 34.6 Å². The maximum Gasteiger partial charge on any atom is 0.210 e. The van der Waals surface area contributed by atoms with Crippen LogP contribution < -0.4 is 5.43 Å². The topological polar surface area (TPSA) is 89.4 Å². The highest BCUT2D eigenvalue weighted by Crippen LogP contribution is 2.22. The fraction of sp³-hybridized carbons (Fsp3) is 0.250. The molecule has 28 heavy (non-hydrogen) atoms. The van der Waals surface area contributed by atoms with Gasteiger partial charge in [-0.05, 0) is 41.8 Å². The molecule has 3 aromatic heterocycles. The molecule has 7 nitrogen and oxygen atoms in total. The fourth-order valence-corrected chi connectivity index (χ4v) is 3.89. The molecule has 0 aliphatic rings. The number of H-pyrrole nitrogens is 1. The molecule has 0 aliphatic carbocycles. The first-order chi connectivity index (χ1) is 13.6. The van der Waals surface area contributed by atoms with Crippen molar-refractivity contribution < 1.29 is 0 Å². The Balaban J connectivity index is 1.75. The zero-order valence-electron chi connectivity index (χ0n) is 15.9. The van der Waals surface area contributed by atoms with Crippen LogP contribution in [0, 0.1) is 0 Å². The minimum absolute atomic E-state index is 0.0990. The molecule has 1 N–H and O–H groups in total. The van der Waals surface area contributed by atoms with Crippen LogP contribution in [0.3, 0.4) is 0 Å². The Kier molecular flexibility index (Phi) is 4.87. The summed E-state index contributed by atoms with van der Waals surface area (Å²) in [5.41, 5.74) is 3.34. The van der Waals surface area contributed by atoms with Crippen LogP contribution in [0.1, 0.15) is 43.0 Å². The lowest BCUT2D eigenvalue weighted by Crippen LogP contribution is -2.12. The smallest absolute Gasteiger partial charge is 0.210 e. The molecule has 8 heteroatoms. The summed E-state index contributed by atoms with van der Waals surface area (Å²) in [6.07, 6.45) is 5.83. The standard InChI is InChI=1S/C20H20N6OS/c1-4-26-10-15(20-22-24-25-23-20)19(27)14-7-5-13(9-17(14)26)6-8-18-21-16(11-28-18)12(2)3/h5-12H,4H2,1-3H3,(H,22,23,24,25)/b8-6+. The lowest BCUT2D eigenvalue weighted by atomic mass is 10.1. The molecule has 1 aromatic carbocycles. The van der Waals surface area contributed by atoms with Crippen molar-refractivity contribution in [3.63, 3.8) is 0 Å². The first-order valence-electron chi connectivity index (χ1n) is 9.11. The third-order valence-electron chi connectivity index (χ3n) is 4.58. The Morgan fingerprint density at radius 3 is 2.82 bits per heavy atom. The summed E-state index contributed by atoms with van der Waals surface area (Å²) in [5.74, 6) is 0.731. The number of pyridine rings is 1. The quantitative estimate of drug-likeness (QED) is 0.555. The second-order valence-electron chi connectivity index (χ2n) is 6.77. The minimum atomic E-state index is -0.0990. The van der Waals surface area contributed by atoms with Gasteiger partial charge < -0.3 is 4.57 Å². The average Bonchev–Trinajstić information content (AvgIpc) is 3.39. The largest absolute Gasteiger partial charge is 0.347 e. The van der Waals surface area contributed by atoms with E-state index in [4.69, 9.17) is 0 Å².